The van der Waals surface area contributed by atoms with Crippen molar-refractivity contribution in [3.8, 4) is 0 Å². The molecule has 0 fully saturated rings. The molecule has 0 unspecified atom stereocenters. The molecular formula is C11H12N2O5S. The number of aliphatic carboxylic acids is 1. The molecule has 1 amide bonds. The molecule has 8 heteroatoms. The van der Waals surface area contributed by atoms with Crippen molar-refractivity contribution in [3.05, 3.63) is 35.9 Å². The maximum Gasteiger partial charge on any atom is 0.328 e. The van der Waals surface area contributed by atoms with Crippen LogP contribution in [0.3, 0.4) is 0 Å². The van der Waals surface area contributed by atoms with Crippen molar-refractivity contribution in [1.82, 2.24) is 4.72 Å². The van der Waals surface area contributed by atoms with E-state index in [0.29, 0.717) is 5.56 Å². The number of sulfonamides is 1. The summed E-state index contributed by atoms with van der Waals surface area (Å²) in [5.74, 6) is -1.94. The molecule has 0 radical (unpaired) electrons. The maximum atomic E-state index is 11.8. The molecule has 102 valence electrons. The zero-order valence-electron chi connectivity index (χ0n) is 9.74. The van der Waals surface area contributed by atoms with Crippen LogP contribution >= 0.6 is 0 Å². The quantitative estimate of drug-likeness (QED) is 0.610. The third kappa shape index (κ3) is 4.90. The van der Waals surface area contributed by atoms with Crippen LogP contribution < -0.4 is 10.5 Å². The van der Waals surface area contributed by atoms with E-state index in [9.17, 15) is 18.0 Å². The number of carbonyl (C=O) groups is 2. The van der Waals surface area contributed by atoms with Crippen LogP contribution in [-0.4, -0.2) is 31.9 Å². The molecule has 7 nitrogen and oxygen atoms in total. The molecule has 4 N–H and O–H groups in total. The van der Waals surface area contributed by atoms with Crippen molar-refractivity contribution in [2.24, 2.45) is 5.73 Å². The van der Waals surface area contributed by atoms with Gasteiger partial charge < -0.3 is 10.8 Å². The summed E-state index contributed by atoms with van der Waals surface area (Å²) in [5.41, 5.74) is 5.25. The fourth-order valence-electron chi connectivity index (χ4n) is 1.20. The number of hydrogen-bond donors (Lipinski definition) is 3. The first-order valence-electron chi connectivity index (χ1n) is 5.10. The second-order valence-electron chi connectivity index (χ2n) is 3.53. The topological polar surface area (TPSA) is 127 Å². The number of benzene rings is 1. The van der Waals surface area contributed by atoms with Crippen LogP contribution in [0.15, 0.2) is 35.2 Å². The lowest BCUT2D eigenvalue weighted by molar-refractivity contribution is -0.131. The van der Waals surface area contributed by atoms with Gasteiger partial charge in [-0.3, -0.25) is 4.79 Å². The number of primary amides is 1. The highest BCUT2D eigenvalue weighted by Crippen LogP contribution is 2.12. The Bertz CT molecular complexity index is 622. The van der Waals surface area contributed by atoms with Crippen molar-refractivity contribution in [3.63, 3.8) is 0 Å². The van der Waals surface area contributed by atoms with E-state index in [-0.39, 0.29) is 4.90 Å². The minimum absolute atomic E-state index is 0.0821. The summed E-state index contributed by atoms with van der Waals surface area (Å²) in [6, 6.07) is 5.61. The number of nitrogens with two attached hydrogens (primary N) is 1. The number of rotatable bonds is 6. The lowest BCUT2D eigenvalue weighted by Gasteiger charge is -2.05. The van der Waals surface area contributed by atoms with Crippen LogP contribution in [-0.2, 0) is 19.6 Å². The third-order valence-corrected chi connectivity index (χ3v) is 3.42. The number of carboxylic acid groups (broad SMARTS) is 1. The molecular weight excluding hydrogens is 272 g/mol. The van der Waals surface area contributed by atoms with E-state index in [2.05, 4.69) is 0 Å². The zero-order chi connectivity index (χ0) is 14.5. The first kappa shape index (κ1) is 14.9. The van der Waals surface area contributed by atoms with Crippen molar-refractivity contribution < 1.29 is 23.1 Å². The third-order valence-electron chi connectivity index (χ3n) is 2.02. The Labute approximate surface area is 109 Å². The molecule has 0 bridgehead atoms. The Hall–Kier alpha value is -2.19. The van der Waals surface area contributed by atoms with Gasteiger partial charge in [-0.2, -0.15) is 0 Å². The summed E-state index contributed by atoms with van der Waals surface area (Å²) in [7, 11) is -3.85. The van der Waals surface area contributed by atoms with Crippen LogP contribution in [0.2, 0.25) is 0 Å². The average molecular weight is 284 g/mol. The van der Waals surface area contributed by atoms with Gasteiger partial charge in [0.25, 0.3) is 0 Å². The average Bonchev–Trinajstić information content (AvgIpc) is 2.34. The van der Waals surface area contributed by atoms with E-state index in [1.807, 2.05) is 4.72 Å². The number of carboxylic acids is 1. The van der Waals surface area contributed by atoms with E-state index in [1.165, 1.54) is 24.3 Å². The van der Waals surface area contributed by atoms with E-state index in [0.717, 1.165) is 6.08 Å². The van der Waals surface area contributed by atoms with Crippen molar-refractivity contribution in [2.75, 3.05) is 6.54 Å². The monoisotopic (exact) mass is 284 g/mol. The molecule has 0 spiro atoms. The summed E-state index contributed by atoms with van der Waals surface area (Å²) >= 11 is 0. The van der Waals surface area contributed by atoms with Gasteiger partial charge in [-0.15, -0.1) is 0 Å². The van der Waals surface area contributed by atoms with Crippen LogP contribution in [0.4, 0.5) is 0 Å². The Kier molecular flexibility index (Phi) is 4.79. The Morgan fingerprint density at radius 3 is 2.63 bits per heavy atom. The highest BCUT2D eigenvalue weighted by atomic mass is 32.2. The van der Waals surface area contributed by atoms with Crippen LogP contribution in [0.5, 0.6) is 0 Å². The van der Waals surface area contributed by atoms with Gasteiger partial charge in [0.05, 0.1) is 11.4 Å². The van der Waals surface area contributed by atoms with Gasteiger partial charge in [0, 0.05) is 6.08 Å². The lowest BCUT2D eigenvalue weighted by Crippen LogP contribution is -2.33. The van der Waals surface area contributed by atoms with Crippen molar-refractivity contribution in [1.29, 1.82) is 0 Å². The maximum absolute atomic E-state index is 11.8. The summed E-state index contributed by atoms with van der Waals surface area (Å²) < 4.78 is 25.6. The second-order valence-corrected chi connectivity index (χ2v) is 5.30. The fourth-order valence-corrected chi connectivity index (χ4v) is 2.25. The second kappa shape index (κ2) is 6.12. The minimum atomic E-state index is -3.85. The molecule has 0 saturated carbocycles. The van der Waals surface area contributed by atoms with Crippen molar-refractivity contribution >= 4 is 28.0 Å². The predicted octanol–water partition coefficient (Wildman–Crippen LogP) is -0.452. The summed E-state index contributed by atoms with van der Waals surface area (Å²) in [4.78, 5) is 20.8. The van der Waals surface area contributed by atoms with Crippen molar-refractivity contribution in [2.45, 2.75) is 4.90 Å². The molecule has 1 aromatic rings. The number of amides is 1. The standard InChI is InChI=1S/C11H12N2O5S/c12-10(14)7-13-19(17,18)9-3-1-2-8(6-9)4-5-11(15)16/h1-6,13H,7H2,(H2,12,14)(H,15,16)/b5-4+. The summed E-state index contributed by atoms with van der Waals surface area (Å²) in [6.07, 6.45) is 2.15. The first-order chi connectivity index (χ1) is 8.81. The van der Waals surface area contributed by atoms with Gasteiger partial charge in [-0.25, -0.2) is 17.9 Å². The summed E-state index contributed by atoms with van der Waals surface area (Å²) in [6.45, 7) is -0.502. The van der Waals surface area contributed by atoms with Gasteiger partial charge in [-0.05, 0) is 23.8 Å². The normalized spacial score (nSPS) is 11.6. The van der Waals surface area contributed by atoms with E-state index >= 15 is 0 Å². The van der Waals surface area contributed by atoms with Crippen LogP contribution in [0.25, 0.3) is 6.08 Å². The molecule has 1 aromatic carbocycles. The van der Waals surface area contributed by atoms with Gasteiger partial charge in [0.2, 0.25) is 15.9 Å². The highest BCUT2D eigenvalue weighted by Gasteiger charge is 2.14. The van der Waals surface area contributed by atoms with E-state index in [4.69, 9.17) is 10.8 Å². The molecule has 0 aliphatic rings. The number of carbonyl (C=O) groups excluding carboxylic acids is 1. The molecule has 0 aliphatic carbocycles. The van der Waals surface area contributed by atoms with Gasteiger partial charge >= 0.3 is 5.97 Å². The van der Waals surface area contributed by atoms with Crippen LogP contribution in [0, 0.1) is 0 Å². The Morgan fingerprint density at radius 1 is 1.37 bits per heavy atom. The zero-order valence-corrected chi connectivity index (χ0v) is 10.6. The van der Waals surface area contributed by atoms with E-state index in [1.54, 1.807) is 6.07 Å². The molecule has 0 aliphatic heterocycles. The molecule has 0 heterocycles. The number of nitrogens with one attached hydrogen (secondary N) is 1. The Morgan fingerprint density at radius 2 is 2.05 bits per heavy atom. The summed E-state index contributed by atoms with van der Waals surface area (Å²) in [5, 5.41) is 8.48. The molecule has 0 atom stereocenters. The largest absolute Gasteiger partial charge is 0.478 e. The van der Waals surface area contributed by atoms with E-state index < -0.39 is 28.4 Å². The SMILES string of the molecule is NC(=O)CNS(=O)(=O)c1cccc(/C=C/C(=O)O)c1. The Balaban J connectivity index is 2.98. The smallest absolute Gasteiger partial charge is 0.328 e. The molecule has 0 aromatic heterocycles. The van der Waals surface area contributed by atoms with Gasteiger partial charge in [-0.1, -0.05) is 12.1 Å². The predicted molar refractivity (Wildman–Crippen MR) is 67.5 cm³/mol. The van der Waals surface area contributed by atoms with Crippen LogP contribution in [0.1, 0.15) is 5.56 Å². The van der Waals surface area contributed by atoms with Gasteiger partial charge in [0.15, 0.2) is 0 Å². The lowest BCUT2D eigenvalue weighted by atomic mass is 10.2. The first-order valence-corrected chi connectivity index (χ1v) is 6.58. The number of hydrogen-bond acceptors (Lipinski definition) is 4. The molecule has 1 rings (SSSR count). The fraction of sp³-hybridized carbons (Fsp3) is 0.0909. The highest BCUT2D eigenvalue weighted by molar-refractivity contribution is 7.89. The molecule has 0 saturated heterocycles. The van der Waals surface area contributed by atoms with Gasteiger partial charge in [0.1, 0.15) is 0 Å². The minimum Gasteiger partial charge on any atom is -0.478 e. The molecule has 19 heavy (non-hydrogen) atoms.